The van der Waals surface area contributed by atoms with Crippen molar-refractivity contribution >= 4 is 11.4 Å². The van der Waals surface area contributed by atoms with Gasteiger partial charge in [-0.2, -0.15) is 0 Å². The number of hydrogen-bond acceptors (Lipinski definition) is 5. The zero-order chi connectivity index (χ0) is 26.7. The summed E-state index contributed by atoms with van der Waals surface area (Å²) in [7, 11) is 0. The summed E-state index contributed by atoms with van der Waals surface area (Å²) in [4.78, 5) is 22.4. The number of nitro groups is 2. The average Bonchev–Trinajstić information content (AvgIpc) is 2.87. The van der Waals surface area contributed by atoms with Crippen LogP contribution in [0.4, 0.5) is 11.4 Å². The number of ether oxygens (including phenoxy) is 1. The topological polar surface area (TPSA) is 95.5 Å². The molecule has 0 unspecified atom stereocenters. The van der Waals surface area contributed by atoms with Crippen LogP contribution >= 0.6 is 0 Å². The van der Waals surface area contributed by atoms with E-state index in [0.29, 0.717) is 24.3 Å². The molecule has 37 heavy (non-hydrogen) atoms. The minimum absolute atomic E-state index is 0.0993. The Bertz CT molecular complexity index is 1400. The highest BCUT2D eigenvalue weighted by Gasteiger charge is 2.19. The first-order valence-electron chi connectivity index (χ1n) is 11.9. The minimum atomic E-state index is -0.348. The van der Waals surface area contributed by atoms with Crippen LogP contribution in [0.1, 0.15) is 33.4 Å². The molecule has 0 radical (unpaired) electrons. The van der Waals surface area contributed by atoms with Crippen molar-refractivity contribution in [2.45, 2.75) is 40.9 Å². The van der Waals surface area contributed by atoms with Gasteiger partial charge in [-0.25, -0.2) is 0 Å². The summed E-state index contributed by atoms with van der Waals surface area (Å²) in [5, 5.41) is 23.1. The predicted octanol–water partition coefficient (Wildman–Crippen LogP) is 7.79. The molecule has 0 N–H and O–H groups in total. The molecule has 0 bridgehead atoms. The van der Waals surface area contributed by atoms with Gasteiger partial charge < -0.3 is 4.74 Å². The lowest BCUT2D eigenvalue weighted by Gasteiger charge is -2.16. The fourth-order valence-electron chi connectivity index (χ4n) is 4.71. The van der Waals surface area contributed by atoms with Crippen molar-refractivity contribution < 1.29 is 14.6 Å². The largest absolute Gasteiger partial charge is 0.372 e. The number of hydrogen-bond donors (Lipinski definition) is 0. The van der Waals surface area contributed by atoms with E-state index in [9.17, 15) is 20.2 Å². The van der Waals surface area contributed by atoms with E-state index >= 15 is 0 Å². The van der Waals surface area contributed by atoms with E-state index in [2.05, 4.69) is 0 Å². The van der Waals surface area contributed by atoms with E-state index in [1.165, 1.54) is 0 Å². The van der Waals surface area contributed by atoms with Gasteiger partial charge in [-0.1, -0.05) is 60.7 Å². The van der Waals surface area contributed by atoms with Gasteiger partial charge in [-0.05, 0) is 72.2 Å². The fourth-order valence-corrected chi connectivity index (χ4v) is 4.71. The van der Waals surface area contributed by atoms with Crippen LogP contribution in [0.2, 0.25) is 0 Å². The summed E-state index contributed by atoms with van der Waals surface area (Å²) in [6.45, 7) is 7.85. The first-order chi connectivity index (χ1) is 17.7. The van der Waals surface area contributed by atoms with E-state index < -0.39 is 0 Å². The molecule has 0 aliphatic heterocycles. The van der Waals surface area contributed by atoms with Crippen LogP contribution in [0.15, 0.2) is 72.8 Å². The van der Waals surface area contributed by atoms with Crippen molar-refractivity contribution in [3.05, 3.63) is 126 Å². The molecule has 4 aromatic rings. The molecule has 0 aliphatic carbocycles. The predicted molar refractivity (Wildman–Crippen MR) is 145 cm³/mol. The Hall–Kier alpha value is -4.36. The Kier molecular flexibility index (Phi) is 7.45. The summed E-state index contributed by atoms with van der Waals surface area (Å²) < 4.78 is 6.16. The maximum atomic E-state index is 11.6. The quantitative estimate of drug-likeness (QED) is 0.183. The van der Waals surface area contributed by atoms with Crippen molar-refractivity contribution in [2.75, 3.05) is 0 Å². The van der Waals surface area contributed by atoms with Crippen LogP contribution in [-0.4, -0.2) is 9.85 Å². The zero-order valence-corrected chi connectivity index (χ0v) is 21.3. The molecule has 0 aromatic heterocycles. The SMILES string of the molecule is Cc1cc(-c2ccccc2COCc2ccccc2-c2cc(C)cc([N+](=O)[O-])c2C)c(C)c([N+](=O)[O-])c1. The highest BCUT2D eigenvalue weighted by molar-refractivity contribution is 5.76. The lowest BCUT2D eigenvalue weighted by Crippen LogP contribution is -2.01. The standard InChI is InChI=1S/C30H28N2O5/c1-19-13-27(21(3)29(15-19)31(33)34)25-11-7-5-9-23(25)17-37-18-24-10-6-8-12-26(24)28-14-20(2)16-30(22(28)4)32(35)36/h5-16H,17-18H2,1-4H3. The van der Waals surface area contributed by atoms with Gasteiger partial charge in [-0.15, -0.1) is 0 Å². The molecular weight excluding hydrogens is 468 g/mol. The summed E-state index contributed by atoms with van der Waals surface area (Å²) in [6, 6.07) is 22.6. The average molecular weight is 497 g/mol. The van der Waals surface area contributed by atoms with E-state index in [-0.39, 0.29) is 21.2 Å². The smallest absolute Gasteiger partial charge is 0.273 e. The van der Waals surface area contributed by atoms with Crippen LogP contribution in [-0.2, 0) is 18.0 Å². The molecule has 0 saturated carbocycles. The molecular formula is C30H28N2O5. The lowest BCUT2D eigenvalue weighted by atomic mass is 9.93. The van der Waals surface area contributed by atoms with Crippen molar-refractivity contribution in [3.63, 3.8) is 0 Å². The van der Waals surface area contributed by atoms with Gasteiger partial charge in [0.05, 0.1) is 23.1 Å². The van der Waals surface area contributed by atoms with Gasteiger partial charge in [0.1, 0.15) is 0 Å². The Balaban J connectivity index is 1.63. The van der Waals surface area contributed by atoms with E-state index in [0.717, 1.165) is 44.5 Å². The van der Waals surface area contributed by atoms with Crippen molar-refractivity contribution in [1.29, 1.82) is 0 Å². The van der Waals surface area contributed by atoms with Crippen molar-refractivity contribution in [3.8, 4) is 22.3 Å². The van der Waals surface area contributed by atoms with Gasteiger partial charge in [0.2, 0.25) is 0 Å². The van der Waals surface area contributed by atoms with Crippen LogP contribution in [0.25, 0.3) is 22.3 Å². The third-order valence-corrected chi connectivity index (χ3v) is 6.57. The highest BCUT2D eigenvalue weighted by Crippen LogP contribution is 2.35. The Labute approximate surface area is 215 Å². The third-order valence-electron chi connectivity index (χ3n) is 6.57. The van der Waals surface area contributed by atoms with Gasteiger partial charge >= 0.3 is 0 Å². The van der Waals surface area contributed by atoms with Crippen molar-refractivity contribution in [2.24, 2.45) is 0 Å². The number of nitro benzene ring substituents is 2. The molecule has 0 atom stereocenters. The molecule has 7 heteroatoms. The van der Waals surface area contributed by atoms with Gasteiger partial charge in [0, 0.05) is 23.3 Å². The Morgan fingerprint density at radius 1 is 0.595 bits per heavy atom. The molecule has 188 valence electrons. The summed E-state index contributed by atoms with van der Waals surface area (Å²) >= 11 is 0. The van der Waals surface area contributed by atoms with Crippen LogP contribution in [0.3, 0.4) is 0 Å². The number of benzene rings is 4. The molecule has 0 amide bonds. The van der Waals surface area contributed by atoms with Gasteiger partial charge in [0.15, 0.2) is 0 Å². The molecule has 0 spiro atoms. The van der Waals surface area contributed by atoms with Gasteiger partial charge in [-0.3, -0.25) is 20.2 Å². The first-order valence-corrected chi connectivity index (χ1v) is 11.9. The molecule has 4 rings (SSSR count). The monoisotopic (exact) mass is 496 g/mol. The highest BCUT2D eigenvalue weighted by atomic mass is 16.6. The van der Waals surface area contributed by atoms with Crippen LogP contribution < -0.4 is 0 Å². The number of rotatable bonds is 8. The molecule has 0 fully saturated rings. The number of nitrogens with zero attached hydrogens (tertiary/aromatic N) is 2. The maximum absolute atomic E-state index is 11.6. The molecule has 7 nitrogen and oxygen atoms in total. The molecule has 0 heterocycles. The maximum Gasteiger partial charge on any atom is 0.273 e. The zero-order valence-electron chi connectivity index (χ0n) is 21.3. The second-order valence-corrected chi connectivity index (χ2v) is 9.23. The van der Waals surface area contributed by atoms with E-state index in [4.69, 9.17) is 4.74 Å². The summed E-state index contributed by atoms with van der Waals surface area (Å²) in [6.07, 6.45) is 0. The Morgan fingerprint density at radius 3 is 1.35 bits per heavy atom. The Morgan fingerprint density at radius 2 is 0.973 bits per heavy atom. The summed E-state index contributed by atoms with van der Waals surface area (Å²) in [5.74, 6) is 0. The molecule has 4 aromatic carbocycles. The molecule has 0 aliphatic rings. The van der Waals surface area contributed by atoms with Gasteiger partial charge in [0.25, 0.3) is 11.4 Å². The second kappa shape index (κ2) is 10.7. The normalized spacial score (nSPS) is 10.9. The van der Waals surface area contributed by atoms with Crippen LogP contribution in [0.5, 0.6) is 0 Å². The van der Waals surface area contributed by atoms with Crippen LogP contribution in [0, 0.1) is 47.9 Å². The van der Waals surface area contributed by atoms with Crippen molar-refractivity contribution in [1.82, 2.24) is 0 Å². The van der Waals surface area contributed by atoms with E-state index in [1.54, 1.807) is 26.0 Å². The lowest BCUT2D eigenvalue weighted by molar-refractivity contribution is -0.385. The van der Waals surface area contributed by atoms with E-state index in [1.807, 2.05) is 74.5 Å². The summed E-state index contributed by atoms with van der Waals surface area (Å²) in [5.41, 5.74) is 8.33. The second-order valence-electron chi connectivity index (χ2n) is 9.23. The molecule has 0 saturated heterocycles. The third kappa shape index (κ3) is 5.42. The minimum Gasteiger partial charge on any atom is -0.372 e. The first kappa shape index (κ1) is 25.7. The fraction of sp³-hybridized carbons (Fsp3) is 0.200. The number of aryl methyl sites for hydroxylation is 2.